The molecule has 1 aliphatic heterocycles. The van der Waals surface area contributed by atoms with E-state index in [1.807, 2.05) is 12.1 Å². The number of furan rings is 1. The Balaban J connectivity index is 1.80. The number of aliphatic imine (C=N–C) groups is 1. The Labute approximate surface area is 134 Å². The highest BCUT2D eigenvalue weighted by Gasteiger charge is 2.20. The van der Waals surface area contributed by atoms with E-state index in [0.717, 1.165) is 44.3 Å². The zero-order valence-electron chi connectivity index (χ0n) is 14.0. The van der Waals surface area contributed by atoms with Crippen molar-refractivity contribution in [1.82, 2.24) is 15.5 Å². The number of piperidine rings is 1. The van der Waals surface area contributed by atoms with Gasteiger partial charge in [-0.1, -0.05) is 13.3 Å². The molecule has 0 amide bonds. The van der Waals surface area contributed by atoms with Gasteiger partial charge in [-0.2, -0.15) is 0 Å². The fraction of sp³-hybridized carbons (Fsp3) is 0.706. The van der Waals surface area contributed by atoms with Gasteiger partial charge in [-0.25, -0.2) is 0 Å². The van der Waals surface area contributed by atoms with Gasteiger partial charge in [0.2, 0.25) is 0 Å². The van der Waals surface area contributed by atoms with Crippen molar-refractivity contribution in [2.75, 3.05) is 32.7 Å². The van der Waals surface area contributed by atoms with Crippen molar-refractivity contribution >= 4 is 5.96 Å². The van der Waals surface area contributed by atoms with Gasteiger partial charge in [0.05, 0.1) is 12.8 Å². The third-order valence-electron chi connectivity index (χ3n) is 4.20. The average molecular weight is 306 g/mol. The van der Waals surface area contributed by atoms with Gasteiger partial charge in [0.25, 0.3) is 0 Å². The molecule has 0 spiro atoms. The summed E-state index contributed by atoms with van der Waals surface area (Å²) in [4.78, 5) is 7.33. The molecule has 0 radical (unpaired) electrons. The summed E-state index contributed by atoms with van der Waals surface area (Å²) in [7, 11) is 0. The number of likely N-dealkylation sites (N-methyl/N-ethyl adjacent to an activating group) is 1. The molecule has 5 nitrogen and oxygen atoms in total. The second kappa shape index (κ2) is 9.51. The molecule has 1 aliphatic rings. The van der Waals surface area contributed by atoms with Crippen LogP contribution in [0.3, 0.4) is 0 Å². The van der Waals surface area contributed by atoms with Crippen molar-refractivity contribution in [2.45, 2.75) is 45.6 Å². The molecule has 0 saturated carbocycles. The molecule has 2 rings (SSSR count). The van der Waals surface area contributed by atoms with E-state index in [1.54, 1.807) is 6.26 Å². The molecular formula is C17H30N4O. The first-order valence-electron chi connectivity index (χ1n) is 8.62. The lowest BCUT2D eigenvalue weighted by Crippen LogP contribution is -2.43. The standard InChI is InChI=1S/C17H30N4O/c1-3-18-17(19-11-10-16-9-7-13-22-16)20-14-15-8-5-6-12-21(15)4-2/h7,9,13,15H,3-6,8,10-12,14H2,1-2H3,(H2,18,19,20). The minimum Gasteiger partial charge on any atom is -0.469 e. The van der Waals surface area contributed by atoms with Crippen molar-refractivity contribution in [2.24, 2.45) is 4.99 Å². The van der Waals surface area contributed by atoms with E-state index in [4.69, 9.17) is 9.41 Å². The summed E-state index contributed by atoms with van der Waals surface area (Å²) in [6, 6.07) is 4.53. The number of likely N-dealkylation sites (tertiary alicyclic amines) is 1. The van der Waals surface area contributed by atoms with Crippen molar-refractivity contribution in [3.63, 3.8) is 0 Å². The zero-order chi connectivity index (χ0) is 15.6. The largest absolute Gasteiger partial charge is 0.469 e. The molecule has 1 aromatic rings. The lowest BCUT2D eigenvalue weighted by atomic mass is 10.0. The van der Waals surface area contributed by atoms with Gasteiger partial charge in [0.1, 0.15) is 5.76 Å². The number of guanidine groups is 1. The highest BCUT2D eigenvalue weighted by Crippen LogP contribution is 2.16. The predicted molar refractivity (Wildman–Crippen MR) is 91.3 cm³/mol. The average Bonchev–Trinajstić information content (AvgIpc) is 3.06. The Kier molecular flexibility index (Phi) is 7.30. The molecule has 22 heavy (non-hydrogen) atoms. The van der Waals surface area contributed by atoms with E-state index in [1.165, 1.54) is 25.8 Å². The maximum atomic E-state index is 5.35. The van der Waals surface area contributed by atoms with Crippen LogP contribution in [-0.4, -0.2) is 49.6 Å². The molecule has 1 unspecified atom stereocenters. The van der Waals surface area contributed by atoms with Crippen LogP contribution in [-0.2, 0) is 6.42 Å². The molecule has 1 saturated heterocycles. The zero-order valence-corrected chi connectivity index (χ0v) is 14.0. The summed E-state index contributed by atoms with van der Waals surface area (Å²) in [6.45, 7) is 9.29. The summed E-state index contributed by atoms with van der Waals surface area (Å²) in [5.74, 6) is 1.92. The smallest absolute Gasteiger partial charge is 0.191 e. The summed E-state index contributed by atoms with van der Waals surface area (Å²) in [5.41, 5.74) is 0. The number of nitrogens with zero attached hydrogens (tertiary/aromatic N) is 2. The van der Waals surface area contributed by atoms with Crippen LogP contribution in [0.5, 0.6) is 0 Å². The van der Waals surface area contributed by atoms with Crippen LogP contribution in [0.25, 0.3) is 0 Å². The topological polar surface area (TPSA) is 52.8 Å². The number of nitrogens with one attached hydrogen (secondary N) is 2. The van der Waals surface area contributed by atoms with E-state index in [2.05, 4.69) is 29.4 Å². The Bertz CT molecular complexity index is 430. The summed E-state index contributed by atoms with van der Waals surface area (Å²) in [5, 5.41) is 6.72. The first-order chi connectivity index (χ1) is 10.8. The van der Waals surface area contributed by atoms with Crippen LogP contribution in [0.2, 0.25) is 0 Å². The number of hydrogen-bond acceptors (Lipinski definition) is 3. The van der Waals surface area contributed by atoms with Crippen molar-refractivity contribution in [3.8, 4) is 0 Å². The number of hydrogen-bond donors (Lipinski definition) is 2. The lowest BCUT2D eigenvalue weighted by Gasteiger charge is -2.33. The molecule has 0 bridgehead atoms. The van der Waals surface area contributed by atoms with E-state index in [-0.39, 0.29) is 0 Å². The van der Waals surface area contributed by atoms with E-state index in [0.29, 0.717) is 6.04 Å². The van der Waals surface area contributed by atoms with Crippen molar-refractivity contribution in [3.05, 3.63) is 24.2 Å². The first-order valence-corrected chi connectivity index (χ1v) is 8.62. The molecule has 2 heterocycles. The third-order valence-corrected chi connectivity index (χ3v) is 4.20. The first kappa shape index (κ1) is 16.9. The van der Waals surface area contributed by atoms with Crippen LogP contribution < -0.4 is 10.6 Å². The molecule has 0 aliphatic carbocycles. The Morgan fingerprint density at radius 3 is 3.00 bits per heavy atom. The second-order valence-electron chi connectivity index (χ2n) is 5.75. The van der Waals surface area contributed by atoms with Gasteiger partial charge >= 0.3 is 0 Å². The number of rotatable bonds is 7. The third kappa shape index (κ3) is 5.37. The second-order valence-corrected chi connectivity index (χ2v) is 5.75. The summed E-state index contributed by atoms with van der Waals surface area (Å²) < 4.78 is 5.35. The Hall–Kier alpha value is -1.49. The molecule has 1 fully saturated rings. The van der Waals surface area contributed by atoms with E-state index >= 15 is 0 Å². The molecule has 1 atom stereocenters. The fourth-order valence-corrected chi connectivity index (χ4v) is 2.98. The monoisotopic (exact) mass is 306 g/mol. The molecule has 5 heteroatoms. The van der Waals surface area contributed by atoms with E-state index in [9.17, 15) is 0 Å². The molecular weight excluding hydrogens is 276 g/mol. The van der Waals surface area contributed by atoms with Crippen LogP contribution in [0.1, 0.15) is 38.9 Å². The quantitative estimate of drug-likeness (QED) is 0.599. The lowest BCUT2D eigenvalue weighted by molar-refractivity contribution is 0.161. The SMILES string of the molecule is CCNC(=NCC1CCCCN1CC)NCCc1ccco1. The van der Waals surface area contributed by atoms with Crippen LogP contribution in [0.15, 0.2) is 27.8 Å². The van der Waals surface area contributed by atoms with Gasteiger partial charge in [0, 0.05) is 25.6 Å². The van der Waals surface area contributed by atoms with Crippen LogP contribution >= 0.6 is 0 Å². The molecule has 0 aromatic carbocycles. The maximum absolute atomic E-state index is 5.35. The van der Waals surface area contributed by atoms with Gasteiger partial charge < -0.3 is 15.1 Å². The van der Waals surface area contributed by atoms with Crippen LogP contribution in [0, 0.1) is 0 Å². The Morgan fingerprint density at radius 1 is 1.36 bits per heavy atom. The van der Waals surface area contributed by atoms with Crippen LogP contribution in [0.4, 0.5) is 0 Å². The highest BCUT2D eigenvalue weighted by atomic mass is 16.3. The summed E-state index contributed by atoms with van der Waals surface area (Å²) >= 11 is 0. The van der Waals surface area contributed by atoms with E-state index < -0.39 is 0 Å². The normalized spacial score (nSPS) is 20.1. The Morgan fingerprint density at radius 2 is 2.27 bits per heavy atom. The molecule has 1 aromatic heterocycles. The van der Waals surface area contributed by atoms with Gasteiger partial charge in [-0.3, -0.25) is 9.89 Å². The van der Waals surface area contributed by atoms with Crippen molar-refractivity contribution < 1.29 is 4.42 Å². The van der Waals surface area contributed by atoms with Gasteiger partial charge in [-0.05, 0) is 45.0 Å². The summed E-state index contributed by atoms with van der Waals surface area (Å²) in [6.07, 6.45) is 6.52. The maximum Gasteiger partial charge on any atom is 0.191 e. The minimum atomic E-state index is 0.597. The molecule has 124 valence electrons. The highest BCUT2D eigenvalue weighted by molar-refractivity contribution is 5.79. The minimum absolute atomic E-state index is 0.597. The predicted octanol–water partition coefficient (Wildman–Crippen LogP) is 2.25. The molecule has 2 N–H and O–H groups in total. The van der Waals surface area contributed by atoms with Crippen molar-refractivity contribution in [1.29, 1.82) is 0 Å². The van der Waals surface area contributed by atoms with Gasteiger partial charge in [0.15, 0.2) is 5.96 Å². The van der Waals surface area contributed by atoms with Gasteiger partial charge in [-0.15, -0.1) is 0 Å². The fourth-order valence-electron chi connectivity index (χ4n) is 2.98.